The second-order valence-electron chi connectivity index (χ2n) is 5.10. The molecule has 20 heavy (non-hydrogen) atoms. The molecular weight excluding hydrogens is 258 g/mol. The molecule has 2 rings (SSSR count). The van der Waals surface area contributed by atoms with Crippen molar-refractivity contribution in [3.8, 4) is 5.75 Å². The third-order valence-corrected chi connectivity index (χ3v) is 3.83. The molecule has 1 N–H and O–H groups in total. The van der Waals surface area contributed by atoms with E-state index in [1.807, 2.05) is 7.05 Å². The van der Waals surface area contributed by atoms with E-state index >= 15 is 0 Å². The second kappa shape index (κ2) is 6.56. The van der Waals surface area contributed by atoms with Crippen molar-refractivity contribution in [1.29, 1.82) is 0 Å². The summed E-state index contributed by atoms with van der Waals surface area (Å²) in [6.07, 6.45) is 2.10. The molecule has 1 saturated heterocycles. The minimum atomic E-state index is -0.325. The lowest BCUT2D eigenvalue weighted by Crippen LogP contribution is -2.37. The zero-order chi connectivity index (χ0) is 14.5. The van der Waals surface area contributed by atoms with E-state index in [-0.39, 0.29) is 10.6 Å². The first kappa shape index (κ1) is 14.6. The minimum absolute atomic E-state index is 0.151. The molecule has 0 bridgehead atoms. The summed E-state index contributed by atoms with van der Waals surface area (Å²) in [7, 11) is 3.53. The van der Waals surface area contributed by atoms with Gasteiger partial charge in [-0.3, -0.25) is 10.1 Å². The van der Waals surface area contributed by atoms with Gasteiger partial charge in [0.2, 0.25) is 0 Å². The van der Waals surface area contributed by atoms with E-state index in [1.54, 1.807) is 19.2 Å². The van der Waals surface area contributed by atoms with Gasteiger partial charge in [-0.25, -0.2) is 0 Å². The van der Waals surface area contributed by atoms with Gasteiger partial charge in [0.1, 0.15) is 11.4 Å². The van der Waals surface area contributed by atoms with Gasteiger partial charge in [-0.05, 0) is 38.4 Å². The number of hydrogen-bond donors (Lipinski definition) is 1. The predicted octanol–water partition coefficient (Wildman–Crippen LogP) is 2.04. The number of piperidine rings is 1. The number of nitrogens with zero attached hydrogens (tertiary/aromatic N) is 2. The Morgan fingerprint density at radius 1 is 1.45 bits per heavy atom. The molecule has 0 aromatic heterocycles. The number of nitrogens with one attached hydrogen (secondary N) is 1. The summed E-state index contributed by atoms with van der Waals surface area (Å²) in [4.78, 5) is 12.9. The van der Waals surface area contributed by atoms with Crippen molar-refractivity contribution in [1.82, 2.24) is 5.32 Å². The predicted molar refractivity (Wildman–Crippen MR) is 78.5 cm³/mol. The molecule has 1 fully saturated rings. The van der Waals surface area contributed by atoms with E-state index in [0.29, 0.717) is 17.4 Å². The molecule has 6 heteroatoms. The van der Waals surface area contributed by atoms with E-state index in [4.69, 9.17) is 4.74 Å². The fraction of sp³-hybridized carbons (Fsp3) is 0.571. The van der Waals surface area contributed by atoms with Crippen LogP contribution in [0.1, 0.15) is 12.8 Å². The molecule has 0 amide bonds. The van der Waals surface area contributed by atoms with Crippen LogP contribution in [0.5, 0.6) is 5.75 Å². The van der Waals surface area contributed by atoms with Crippen molar-refractivity contribution >= 4 is 11.4 Å². The van der Waals surface area contributed by atoms with Crippen molar-refractivity contribution in [2.45, 2.75) is 12.8 Å². The summed E-state index contributed by atoms with van der Waals surface area (Å²) < 4.78 is 5.18. The van der Waals surface area contributed by atoms with Gasteiger partial charge in [-0.2, -0.15) is 0 Å². The lowest BCUT2D eigenvalue weighted by molar-refractivity contribution is -0.384. The molecule has 6 nitrogen and oxygen atoms in total. The fourth-order valence-corrected chi connectivity index (χ4v) is 2.70. The molecule has 0 unspecified atom stereocenters. The monoisotopic (exact) mass is 279 g/mol. The third-order valence-electron chi connectivity index (χ3n) is 3.83. The van der Waals surface area contributed by atoms with Crippen LogP contribution in [-0.4, -0.2) is 38.7 Å². The standard InChI is InChI=1S/C14H21N3O3/c1-15-10-11-5-7-16(8-6-11)14-9-12(20-2)3-4-13(14)17(18)19/h3-4,9,11,15H,5-8,10H2,1-2H3. The van der Waals surface area contributed by atoms with Crippen molar-refractivity contribution in [3.63, 3.8) is 0 Å². The van der Waals surface area contributed by atoms with Gasteiger partial charge < -0.3 is 15.0 Å². The number of rotatable bonds is 5. The van der Waals surface area contributed by atoms with Crippen LogP contribution in [-0.2, 0) is 0 Å². The van der Waals surface area contributed by atoms with Gasteiger partial charge in [0.05, 0.1) is 12.0 Å². The summed E-state index contributed by atoms with van der Waals surface area (Å²) in [5.74, 6) is 1.31. The summed E-state index contributed by atoms with van der Waals surface area (Å²) in [5, 5.41) is 14.4. The summed E-state index contributed by atoms with van der Waals surface area (Å²) >= 11 is 0. The second-order valence-corrected chi connectivity index (χ2v) is 5.10. The highest BCUT2D eigenvalue weighted by atomic mass is 16.6. The Bertz CT molecular complexity index is 471. The van der Waals surface area contributed by atoms with Gasteiger partial charge in [0, 0.05) is 25.2 Å². The minimum Gasteiger partial charge on any atom is -0.497 e. The highest BCUT2D eigenvalue weighted by molar-refractivity contribution is 5.66. The van der Waals surface area contributed by atoms with Gasteiger partial charge in [0.15, 0.2) is 0 Å². The molecule has 1 aromatic rings. The van der Waals surface area contributed by atoms with Crippen molar-refractivity contribution < 1.29 is 9.66 Å². The number of hydrogen-bond acceptors (Lipinski definition) is 5. The Hall–Kier alpha value is -1.82. The highest BCUT2D eigenvalue weighted by Crippen LogP contribution is 2.34. The maximum Gasteiger partial charge on any atom is 0.292 e. The zero-order valence-electron chi connectivity index (χ0n) is 12.0. The SMILES string of the molecule is CNCC1CCN(c2cc(OC)ccc2[N+](=O)[O-])CC1. The maximum atomic E-state index is 11.2. The van der Waals surface area contributed by atoms with Crippen molar-refractivity contribution in [2.75, 3.05) is 38.7 Å². The number of nitro benzene ring substituents is 1. The van der Waals surface area contributed by atoms with Crippen LogP contribution in [0.3, 0.4) is 0 Å². The molecule has 0 spiro atoms. The Kier molecular flexibility index (Phi) is 4.79. The van der Waals surface area contributed by atoms with Gasteiger partial charge in [0.25, 0.3) is 5.69 Å². The molecule has 0 aliphatic carbocycles. The number of benzene rings is 1. The first-order chi connectivity index (χ1) is 9.65. The van der Waals surface area contributed by atoms with E-state index in [9.17, 15) is 10.1 Å². The zero-order valence-corrected chi connectivity index (χ0v) is 12.0. The topological polar surface area (TPSA) is 67.6 Å². The molecule has 1 aliphatic rings. The van der Waals surface area contributed by atoms with Gasteiger partial charge in [-0.15, -0.1) is 0 Å². The summed E-state index contributed by atoms with van der Waals surface area (Å²) in [5.41, 5.74) is 0.815. The van der Waals surface area contributed by atoms with Crippen LogP contribution in [0, 0.1) is 16.0 Å². The number of methoxy groups -OCH3 is 1. The molecule has 1 heterocycles. The van der Waals surface area contributed by atoms with Crippen LogP contribution < -0.4 is 15.0 Å². The Balaban J connectivity index is 2.17. The largest absolute Gasteiger partial charge is 0.497 e. The van der Waals surface area contributed by atoms with Crippen LogP contribution >= 0.6 is 0 Å². The average molecular weight is 279 g/mol. The first-order valence-electron chi connectivity index (χ1n) is 6.87. The summed E-state index contributed by atoms with van der Waals surface area (Å²) in [6, 6.07) is 4.92. The van der Waals surface area contributed by atoms with Crippen LogP contribution in [0.25, 0.3) is 0 Å². The summed E-state index contributed by atoms with van der Waals surface area (Å²) in [6.45, 7) is 2.70. The van der Waals surface area contributed by atoms with Gasteiger partial charge >= 0.3 is 0 Å². The average Bonchev–Trinajstić information content (AvgIpc) is 2.47. The van der Waals surface area contributed by atoms with Crippen LogP contribution in [0.15, 0.2) is 18.2 Å². The lowest BCUT2D eigenvalue weighted by Gasteiger charge is -2.33. The molecule has 1 aromatic carbocycles. The first-order valence-corrected chi connectivity index (χ1v) is 6.87. The molecule has 0 radical (unpaired) electrons. The maximum absolute atomic E-state index is 11.2. The molecule has 0 atom stereocenters. The fourth-order valence-electron chi connectivity index (χ4n) is 2.70. The molecular formula is C14H21N3O3. The van der Waals surface area contributed by atoms with Crippen LogP contribution in [0.2, 0.25) is 0 Å². The third kappa shape index (κ3) is 3.19. The lowest BCUT2D eigenvalue weighted by atomic mass is 9.96. The van der Waals surface area contributed by atoms with E-state index < -0.39 is 0 Å². The van der Waals surface area contributed by atoms with Crippen LogP contribution in [0.4, 0.5) is 11.4 Å². The molecule has 0 saturated carbocycles. The van der Waals surface area contributed by atoms with Crippen molar-refractivity contribution in [2.24, 2.45) is 5.92 Å². The normalized spacial score (nSPS) is 16.2. The quantitative estimate of drug-likeness (QED) is 0.660. The van der Waals surface area contributed by atoms with E-state index in [0.717, 1.165) is 32.5 Å². The van der Waals surface area contributed by atoms with Crippen molar-refractivity contribution in [3.05, 3.63) is 28.3 Å². The highest BCUT2D eigenvalue weighted by Gasteiger charge is 2.25. The van der Waals surface area contributed by atoms with Gasteiger partial charge in [-0.1, -0.05) is 0 Å². The molecule has 110 valence electrons. The number of nitro groups is 1. The Morgan fingerprint density at radius 2 is 2.15 bits per heavy atom. The Labute approximate surface area is 118 Å². The Morgan fingerprint density at radius 3 is 2.70 bits per heavy atom. The van der Waals surface area contributed by atoms with E-state index in [2.05, 4.69) is 10.2 Å². The number of ether oxygens (including phenoxy) is 1. The molecule has 1 aliphatic heterocycles. The van der Waals surface area contributed by atoms with E-state index in [1.165, 1.54) is 6.07 Å². The smallest absolute Gasteiger partial charge is 0.292 e. The number of anilines is 1.